The highest BCUT2D eigenvalue weighted by molar-refractivity contribution is 9.10. The highest BCUT2D eigenvalue weighted by Gasteiger charge is 2.31. The number of hydrogen-bond donors (Lipinski definition) is 1. The highest BCUT2D eigenvalue weighted by atomic mass is 79.9. The number of anilines is 1. The van der Waals surface area contributed by atoms with Gasteiger partial charge in [-0.05, 0) is 37.6 Å². The molecule has 0 spiro atoms. The van der Waals surface area contributed by atoms with Crippen molar-refractivity contribution in [2.45, 2.75) is 19.5 Å². The zero-order chi connectivity index (χ0) is 13.8. The molecule has 6 heteroatoms. The zero-order valence-electron chi connectivity index (χ0n) is 10.1. The van der Waals surface area contributed by atoms with Gasteiger partial charge in [-0.25, -0.2) is 0 Å². The normalized spacial score (nSPS) is 11.7. The van der Waals surface area contributed by atoms with Crippen molar-refractivity contribution in [1.29, 1.82) is 0 Å². The topological polar surface area (TPSA) is 29.3 Å². The van der Waals surface area contributed by atoms with Crippen molar-refractivity contribution in [2.75, 3.05) is 24.5 Å². The lowest BCUT2D eigenvalue weighted by Crippen LogP contribution is -2.34. The van der Waals surface area contributed by atoms with Crippen molar-refractivity contribution in [3.8, 4) is 0 Å². The van der Waals surface area contributed by atoms with Crippen LogP contribution in [0, 0.1) is 0 Å². The molecule has 0 aliphatic heterocycles. The number of nitrogens with two attached hydrogens (primary N) is 1. The maximum atomic E-state index is 12.5. The van der Waals surface area contributed by atoms with Crippen LogP contribution in [-0.2, 0) is 6.42 Å². The maximum absolute atomic E-state index is 12.5. The Bertz CT molecular complexity index is 393. The first-order valence-electron chi connectivity index (χ1n) is 5.67. The van der Waals surface area contributed by atoms with E-state index in [0.717, 1.165) is 10.0 Å². The van der Waals surface area contributed by atoms with Crippen LogP contribution in [0.25, 0.3) is 0 Å². The van der Waals surface area contributed by atoms with Crippen molar-refractivity contribution < 1.29 is 13.2 Å². The van der Waals surface area contributed by atoms with Crippen molar-refractivity contribution in [3.63, 3.8) is 0 Å². The van der Waals surface area contributed by atoms with Gasteiger partial charge < -0.3 is 10.6 Å². The van der Waals surface area contributed by atoms with Gasteiger partial charge in [0.15, 0.2) is 0 Å². The zero-order valence-corrected chi connectivity index (χ0v) is 11.7. The molecule has 0 aliphatic carbocycles. The number of alkyl halides is 3. The van der Waals surface area contributed by atoms with Crippen LogP contribution in [0.5, 0.6) is 0 Å². The van der Waals surface area contributed by atoms with Crippen molar-refractivity contribution in [3.05, 3.63) is 28.2 Å². The van der Waals surface area contributed by atoms with Gasteiger partial charge in [0, 0.05) is 16.7 Å². The Kier molecular flexibility index (Phi) is 5.47. The number of halogens is 4. The Morgan fingerprint density at radius 2 is 2.00 bits per heavy atom. The largest absolute Gasteiger partial charge is 0.405 e. The summed E-state index contributed by atoms with van der Waals surface area (Å²) in [5.41, 5.74) is 6.92. The van der Waals surface area contributed by atoms with Gasteiger partial charge in [0.05, 0.1) is 0 Å². The molecule has 0 radical (unpaired) electrons. The quantitative estimate of drug-likeness (QED) is 0.900. The molecule has 0 heterocycles. The molecule has 0 atom stereocenters. The third-order valence-electron chi connectivity index (χ3n) is 2.55. The molecule has 1 rings (SSSR count). The Balaban J connectivity index is 3.06. The predicted molar refractivity (Wildman–Crippen MR) is 70.8 cm³/mol. The molecule has 0 amide bonds. The molecule has 0 saturated heterocycles. The fraction of sp³-hybridized carbons (Fsp3) is 0.500. The van der Waals surface area contributed by atoms with Crippen LogP contribution in [0.4, 0.5) is 18.9 Å². The van der Waals surface area contributed by atoms with E-state index in [-0.39, 0.29) is 0 Å². The van der Waals surface area contributed by atoms with E-state index in [2.05, 4.69) is 15.9 Å². The number of nitrogens with zero attached hydrogens (tertiary/aromatic N) is 1. The van der Waals surface area contributed by atoms with Gasteiger partial charge >= 0.3 is 6.18 Å². The summed E-state index contributed by atoms with van der Waals surface area (Å²) in [6, 6.07) is 5.33. The third kappa shape index (κ3) is 4.49. The van der Waals surface area contributed by atoms with E-state index in [0.29, 0.717) is 25.2 Å². The SMILES string of the molecule is CCN(CC(F)(F)F)c1cc(Br)ccc1CCN. The Hall–Kier alpha value is -0.750. The summed E-state index contributed by atoms with van der Waals surface area (Å²) in [5.74, 6) is 0. The standard InChI is InChI=1S/C12H16BrF3N2/c1-2-18(8-12(14,15)16)11-7-10(13)4-3-9(11)5-6-17/h3-4,7H,2,5-6,8,17H2,1H3. The van der Waals surface area contributed by atoms with Gasteiger partial charge in [0.1, 0.15) is 6.54 Å². The minimum Gasteiger partial charge on any atom is -0.363 e. The van der Waals surface area contributed by atoms with Crippen molar-refractivity contribution in [2.24, 2.45) is 5.73 Å². The molecule has 0 aromatic heterocycles. The molecule has 0 fully saturated rings. The Morgan fingerprint density at radius 1 is 1.33 bits per heavy atom. The van der Waals surface area contributed by atoms with Crippen LogP contribution in [0.3, 0.4) is 0 Å². The second-order valence-corrected chi connectivity index (χ2v) is 4.86. The molecule has 18 heavy (non-hydrogen) atoms. The molecule has 1 aromatic carbocycles. The molecule has 2 nitrogen and oxygen atoms in total. The molecule has 0 aliphatic rings. The highest BCUT2D eigenvalue weighted by Crippen LogP contribution is 2.28. The lowest BCUT2D eigenvalue weighted by Gasteiger charge is -2.27. The first kappa shape index (κ1) is 15.3. The molecular weight excluding hydrogens is 309 g/mol. The van der Waals surface area contributed by atoms with Gasteiger partial charge in [-0.2, -0.15) is 13.2 Å². The van der Waals surface area contributed by atoms with Crippen molar-refractivity contribution >= 4 is 21.6 Å². The fourth-order valence-corrected chi connectivity index (χ4v) is 2.13. The second kappa shape index (κ2) is 6.43. The van der Waals surface area contributed by atoms with Crippen LogP contribution >= 0.6 is 15.9 Å². The van der Waals surface area contributed by atoms with Crippen LogP contribution in [0.1, 0.15) is 12.5 Å². The van der Waals surface area contributed by atoms with E-state index < -0.39 is 12.7 Å². The average molecular weight is 325 g/mol. The summed E-state index contributed by atoms with van der Waals surface area (Å²) in [6.07, 6.45) is -3.64. The van der Waals surface area contributed by atoms with E-state index in [1.54, 1.807) is 13.0 Å². The molecule has 2 N–H and O–H groups in total. The van der Waals surface area contributed by atoms with Gasteiger partial charge in [-0.3, -0.25) is 0 Å². The van der Waals surface area contributed by atoms with E-state index in [4.69, 9.17) is 5.73 Å². The fourth-order valence-electron chi connectivity index (χ4n) is 1.78. The lowest BCUT2D eigenvalue weighted by atomic mass is 10.1. The molecule has 102 valence electrons. The monoisotopic (exact) mass is 324 g/mol. The van der Waals surface area contributed by atoms with Gasteiger partial charge in [0.2, 0.25) is 0 Å². The third-order valence-corrected chi connectivity index (χ3v) is 3.05. The minimum atomic E-state index is -4.21. The van der Waals surface area contributed by atoms with Gasteiger partial charge in [0.25, 0.3) is 0 Å². The number of benzene rings is 1. The van der Waals surface area contributed by atoms with Gasteiger partial charge in [-0.15, -0.1) is 0 Å². The first-order chi connectivity index (χ1) is 8.37. The molecule has 0 bridgehead atoms. The van der Waals surface area contributed by atoms with Gasteiger partial charge in [-0.1, -0.05) is 22.0 Å². The summed E-state index contributed by atoms with van der Waals surface area (Å²) in [6.45, 7) is 1.47. The van der Waals surface area contributed by atoms with E-state index in [9.17, 15) is 13.2 Å². The first-order valence-corrected chi connectivity index (χ1v) is 6.47. The maximum Gasteiger partial charge on any atom is 0.405 e. The van der Waals surface area contributed by atoms with E-state index in [1.165, 1.54) is 4.90 Å². The minimum absolute atomic E-state index is 0.299. The number of rotatable bonds is 5. The van der Waals surface area contributed by atoms with E-state index >= 15 is 0 Å². The summed E-state index contributed by atoms with van der Waals surface area (Å²) in [5, 5.41) is 0. The molecular formula is C12H16BrF3N2. The smallest absolute Gasteiger partial charge is 0.363 e. The van der Waals surface area contributed by atoms with Crippen LogP contribution in [-0.4, -0.2) is 25.8 Å². The summed E-state index contributed by atoms with van der Waals surface area (Å²) in [7, 11) is 0. The number of hydrogen-bond acceptors (Lipinski definition) is 2. The lowest BCUT2D eigenvalue weighted by molar-refractivity contribution is -0.119. The second-order valence-electron chi connectivity index (χ2n) is 3.94. The summed E-state index contributed by atoms with van der Waals surface area (Å²) < 4.78 is 38.3. The average Bonchev–Trinajstić information content (AvgIpc) is 2.27. The molecule has 0 saturated carbocycles. The Labute approximate surface area is 113 Å². The van der Waals surface area contributed by atoms with Crippen LogP contribution in [0.2, 0.25) is 0 Å². The van der Waals surface area contributed by atoms with Crippen LogP contribution in [0.15, 0.2) is 22.7 Å². The van der Waals surface area contributed by atoms with E-state index in [1.807, 2.05) is 12.1 Å². The van der Waals surface area contributed by atoms with Crippen molar-refractivity contribution in [1.82, 2.24) is 0 Å². The molecule has 1 aromatic rings. The predicted octanol–water partition coefficient (Wildman–Crippen LogP) is 3.34. The van der Waals surface area contributed by atoms with Crippen LogP contribution < -0.4 is 10.6 Å². The Morgan fingerprint density at radius 3 is 2.50 bits per heavy atom. The summed E-state index contributed by atoms with van der Waals surface area (Å²) >= 11 is 3.29. The summed E-state index contributed by atoms with van der Waals surface area (Å²) in [4.78, 5) is 1.32. The molecule has 0 unspecified atom stereocenters.